The number of carbonyl (C=O) groups excluding carboxylic acids is 4. The van der Waals surface area contributed by atoms with Gasteiger partial charge in [-0.15, -0.1) is 11.6 Å². The SMILES string of the molecule is O=C(c1ccc(F)cc1)[C@H](CCCl)N(C(=O)c1ccc(Cl)c(Cl)c1)N1C(=O)[C@@H]2[C@H](C1=O)[C@H]1C=C[C@H]2C1. The number of benzene rings is 2. The fraction of sp³-hybridized carbons (Fsp3) is 0.308. The van der Waals surface area contributed by atoms with Gasteiger partial charge < -0.3 is 0 Å². The quantitative estimate of drug-likeness (QED) is 0.207. The number of halogens is 4. The van der Waals surface area contributed by atoms with Crippen LogP contribution >= 0.6 is 34.8 Å². The highest BCUT2D eigenvalue weighted by Crippen LogP contribution is 2.53. The van der Waals surface area contributed by atoms with Gasteiger partial charge in [0, 0.05) is 17.0 Å². The Labute approximate surface area is 221 Å². The van der Waals surface area contributed by atoms with Crippen LogP contribution in [0.2, 0.25) is 10.0 Å². The molecule has 0 aromatic heterocycles. The Balaban J connectivity index is 1.60. The van der Waals surface area contributed by atoms with E-state index in [2.05, 4.69) is 0 Å². The van der Waals surface area contributed by atoms with Crippen molar-refractivity contribution in [1.82, 2.24) is 10.0 Å². The molecule has 0 unspecified atom stereocenters. The summed E-state index contributed by atoms with van der Waals surface area (Å²) in [4.78, 5) is 54.8. The Kier molecular flexibility index (Phi) is 6.66. The molecular weight excluding hydrogens is 530 g/mol. The summed E-state index contributed by atoms with van der Waals surface area (Å²) in [6, 6.07) is 7.65. The Morgan fingerprint density at radius 3 is 2.08 bits per heavy atom. The molecule has 1 aliphatic heterocycles. The summed E-state index contributed by atoms with van der Waals surface area (Å²) in [6.07, 6.45) is 4.53. The third-order valence-corrected chi connectivity index (χ3v) is 8.10. The minimum absolute atomic E-state index is 0.0367. The van der Waals surface area contributed by atoms with E-state index in [-0.39, 0.29) is 45.3 Å². The molecule has 36 heavy (non-hydrogen) atoms. The predicted molar refractivity (Wildman–Crippen MR) is 132 cm³/mol. The van der Waals surface area contributed by atoms with Gasteiger partial charge in [0.05, 0.1) is 21.9 Å². The molecule has 0 N–H and O–H groups in total. The molecule has 2 aromatic carbocycles. The van der Waals surface area contributed by atoms with E-state index in [1.54, 1.807) is 0 Å². The van der Waals surface area contributed by atoms with Crippen LogP contribution in [-0.2, 0) is 9.59 Å². The molecule has 3 amide bonds. The van der Waals surface area contributed by atoms with E-state index in [9.17, 15) is 23.6 Å². The molecule has 2 aromatic rings. The standard InChI is InChI=1S/C26H20Cl3FN2O4/c27-10-9-20(23(33)13-3-6-17(30)7-4-13)31(24(34)16-5-8-18(28)19(29)12-16)32-25(35)21-14-1-2-15(11-14)22(21)26(32)36/h1-8,12,14-15,20-22H,9-11H2/t14-,15-,20-,21-,22+/m0/s1. The summed E-state index contributed by atoms with van der Waals surface area (Å²) in [6.45, 7) is 0. The van der Waals surface area contributed by atoms with Crippen LogP contribution in [0.25, 0.3) is 0 Å². The van der Waals surface area contributed by atoms with Crippen LogP contribution in [0.3, 0.4) is 0 Å². The van der Waals surface area contributed by atoms with Gasteiger partial charge in [0.1, 0.15) is 11.9 Å². The zero-order valence-corrected chi connectivity index (χ0v) is 21.0. The van der Waals surface area contributed by atoms with Crippen LogP contribution in [-0.4, -0.2) is 45.4 Å². The van der Waals surface area contributed by atoms with Crippen LogP contribution in [0.15, 0.2) is 54.6 Å². The molecule has 5 atom stereocenters. The molecule has 1 saturated heterocycles. The highest BCUT2D eigenvalue weighted by atomic mass is 35.5. The number of fused-ring (bicyclic) bond motifs is 5. The number of alkyl halides is 1. The van der Waals surface area contributed by atoms with Gasteiger partial charge in [0.25, 0.3) is 17.7 Å². The number of nitrogens with zero attached hydrogens (tertiary/aromatic N) is 2. The summed E-state index contributed by atoms with van der Waals surface area (Å²) in [5, 5.41) is 2.05. The second-order valence-electron chi connectivity index (χ2n) is 9.13. The minimum atomic E-state index is -1.30. The van der Waals surface area contributed by atoms with Crippen molar-refractivity contribution in [1.29, 1.82) is 0 Å². The van der Waals surface area contributed by atoms with E-state index in [1.807, 2.05) is 12.2 Å². The van der Waals surface area contributed by atoms with Crippen molar-refractivity contribution >= 4 is 58.3 Å². The second kappa shape index (κ2) is 9.61. The Hall–Kier alpha value is -2.74. The fourth-order valence-corrected chi connectivity index (χ4v) is 6.01. The number of hydrazine groups is 1. The van der Waals surface area contributed by atoms with Crippen LogP contribution in [0.1, 0.15) is 33.6 Å². The average Bonchev–Trinajstić information content (AvgIpc) is 3.55. The molecule has 0 spiro atoms. The van der Waals surface area contributed by atoms with E-state index in [4.69, 9.17) is 34.8 Å². The molecule has 1 saturated carbocycles. The number of hydrogen-bond donors (Lipinski definition) is 0. The zero-order chi connectivity index (χ0) is 25.7. The normalized spacial score (nSPS) is 24.8. The number of carbonyl (C=O) groups is 4. The van der Waals surface area contributed by atoms with Crippen molar-refractivity contribution in [2.24, 2.45) is 23.7 Å². The molecule has 2 aliphatic carbocycles. The second-order valence-corrected chi connectivity index (χ2v) is 10.3. The lowest BCUT2D eigenvalue weighted by atomic mass is 9.85. The first-order valence-corrected chi connectivity index (χ1v) is 12.7. The van der Waals surface area contributed by atoms with Gasteiger partial charge in [-0.05, 0) is 67.1 Å². The van der Waals surface area contributed by atoms with Crippen molar-refractivity contribution < 1.29 is 23.6 Å². The summed E-state index contributed by atoms with van der Waals surface area (Å²) < 4.78 is 13.5. The number of amides is 3. The Morgan fingerprint density at radius 1 is 0.944 bits per heavy atom. The maximum absolute atomic E-state index is 13.9. The van der Waals surface area contributed by atoms with Crippen molar-refractivity contribution in [2.75, 3.05) is 5.88 Å². The first-order valence-electron chi connectivity index (χ1n) is 11.4. The maximum Gasteiger partial charge on any atom is 0.273 e. The third kappa shape index (κ3) is 4.03. The van der Waals surface area contributed by atoms with Crippen molar-refractivity contribution in [2.45, 2.75) is 18.9 Å². The number of Topliss-reactive ketones (excluding diaryl/α,β-unsaturated/α-hetero) is 1. The lowest BCUT2D eigenvalue weighted by molar-refractivity contribution is -0.157. The molecule has 6 nitrogen and oxygen atoms in total. The highest BCUT2D eigenvalue weighted by molar-refractivity contribution is 6.42. The van der Waals surface area contributed by atoms with E-state index in [1.165, 1.54) is 30.3 Å². The average molecular weight is 550 g/mol. The maximum atomic E-state index is 13.9. The Bertz CT molecular complexity index is 1270. The van der Waals surface area contributed by atoms with E-state index >= 15 is 0 Å². The van der Waals surface area contributed by atoms with Gasteiger partial charge in [-0.1, -0.05) is 35.4 Å². The highest BCUT2D eigenvalue weighted by Gasteiger charge is 2.62. The van der Waals surface area contributed by atoms with Gasteiger partial charge in [-0.25, -0.2) is 9.40 Å². The van der Waals surface area contributed by atoms with Crippen LogP contribution < -0.4 is 0 Å². The third-order valence-electron chi connectivity index (χ3n) is 7.15. The first kappa shape index (κ1) is 24.9. The van der Waals surface area contributed by atoms with Gasteiger partial charge in [0.15, 0.2) is 5.78 Å². The number of imide groups is 1. The van der Waals surface area contributed by atoms with Gasteiger partial charge in [0.2, 0.25) is 0 Å². The van der Waals surface area contributed by atoms with Gasteiger partial charge in [-0.3, -0.25) is 19.2 Å². The topological polar surface area (TPSA) is 74.8 Å². The van der Waals surface area contributed by atoms with Crippen LogP contribution in [0.5, 0.6) is 0 Å². The summed E-state index contributed by atoms with van der Waals surface area (Å²) in [5.74, 6) is -4.36. The molecule has 2 fully saturated rings. The van der Waals surface area contributed by atoms with E-state index < -0.39 is 47.2 Å². The molecule has 1 heterocycles. The zero-order valence-electron chi connectivity index (χ0n) is 18.7. The first-order chi connectivity index (χ1) is 17.2. The van der Waals surface area contributed by atoms with Crippen molar-refractivity contribution in [3.8, 4) is 0 Å². The molecule has 186 valence electrons. The van der Waals surface area contributed by atoms with Gasteiger partial charge >= 0.3 is 0 Å². The monoisotopic (exact) mass is 548 g/mol. The largest absolute Gasteiger partial charge is 0.292 e. The van der Waals surface area contributed by atoms with Crippen molar-refractivity contribution in [3.63, 3.8) is 0 Å². The Morgan fingerprint density at radius 2 is 1.53 bits per heavy atom. The van der Waals surface area contributed by atoms with Crippen molar-refractivity contribution in [3.05, 3.63) is 81.6 Å². The van der Waals surface area contributed by atoms with E-state index in [0.717, 1.165) is 22.2 Å². The number of hydrogen-bond acceptors (Lipinski definition) is 4. The molecule has 10 heteroatoms. The molecule has 3 aliphatic rings. The lowest BCUT2D eigenvalue weighted by Gasteiger charge is -2.36. The molecular formula is C26H20Cl3FN2O4. The molecule has 2 bridgehead atoms. The number of rotatable bonds is 7. The summed E-state index contributed by atoms with van der Waals surface area (Å²) in [7, 11) is 0. The summed E-state index contributed by atoms with van der Waals surface area (Å²) in [5.41, 5.74) is 0.147. The van der Waals surface area contributed by atoms with Gasteiger partial charge in [-0.2, -0.15) is 5.01 Å². The number of allylic oxidation sites excluding steroid dienone is 2. The lowest BCUT2D eigenvalue weighted by Crippen LogP contribution is -2.58. The summed E-state index contributed by atoms with van der Waals surface area (Å²) >= 11 is 18.2. The fourth-order valence-electron chi connectivity index (χ4n) is 5.51. The van der Waals surface area contributed by atoms with E-state index in [0.29, 0.717) is 6.42 Å². The molecule has 5 rings (SSSR count). The predicted octanol–water partition coefficient (Wildman–Crippen LogP) is 5.18. The van der Waals surface area contributed by atoms with Crippen LogP contribution in [0, 0.1) is 29.5 Å². The minimum Gasteiger partial charge on any atom is -0.292 e. The number of ketones is 1. The smallest absolute Gasteiger partial charge is 0.273 e. The van der Waals surface area contributed by atoms with Crippen LogP contribution in [0.4, 0.5) is 4.39 Å². The molecule has 0 radical (unpaired) electrons.